The molecule has 0 atom stereocenters. The minimum Gasteiger partial charge on any atom is -0.425 e. The van der Waals surface area contributed by atoms with Gasteiger partial charge in [-0.2, -0.15) is 5.10 Å². The summed E-state index contributed by atoms with van der Waals surface area (Å²) in [6.07, 6.45) is 8.22. The molecule has 2 aromatic rings. The van der Waals surface area contributed by atoms with Crippen molar-refractivity contribution in [2.75, 3.05) is 0 Å². The lowest BCUT2D eigenvalue weighted by molar-refractivity contribution is 0.472. The number of benzene rings is 1. The predicted octanol–water partition coefficient (Wildman–Crippen LogP) is 6.71. The topological polar surface area (TPSA) is 85.6 Å². The van der Waals surface area contributed by atoms with E-state index >= 15 is 0 Å². The molecule has 3 rings (SSSR count). The number of hydrogen-bond donors (Lipinski definition) is 3. The number of fused-ring (bicyclic) bond motifs is 1. The van der Waals surface area contributed by atoms with E-state index in [0.717, 1.165) is 42.3 Å². The lowest BCUT2D eigenvalue weighted by Crippen LogP contribution is -2.18. The Hall–Kier alpha value is -2.76. The van der Waals surface area contributed by atoms with Gasteiger partial charge in [0.05, 0.1) is 11.3 Å². The van der Waals surface area contributed by atoms with Gasteiger partial charge in [0.1, 0.15) is 0 Å². The zero-order valence-electron chi connectivity index (χ0n) is 17.9. The van der Waals surface area contributed by atoms with Crippen LogP contribution in [0.25, 0.3) is 10.9 Å². The van der Waals surface area contributed by atoms with E-state index < -0.39 is 0 Å². The van der Waals surface area contributed by atoms with Crippen LogP contribution in [0.3, 0.4) is 0 Å². The molecule has 0 radical (unpaired) electrons. The second kappa shape index (κ2) is 12.6. The molecule has 0 aliphatic heterocycles. The Labute approximate surface area is 173 Å². The number of halogens is 1. The second-order valence-corrected chi connectivity index (χ2v) is 6.58. The van der Waals surface area contributed by atoms with E-state index in [0.29, 0.717) is 12.0 Å². The monoisotopic (exact) mass is 400 g/mol. The van der Waals surface area contributed by atoms with E-state index in [-0.39, 0.29) is 23.5 Å². The van der Waals surface area contributed by atoms with Crippen molar-refractivity contribution >= 4 is 22.7 Å². The first-order valence-corrected chi connectivity index (χ1v) is 10.2. The zero-order valence-corrected chi connectivity index (χ0v) is 17.9. The Bertz CT molecular complexity index is 844. The molecular weight excluding hydrogens is 367 g/mol. The van der Waals surface area contributed by atoms with Crippen LogP contribution in [-0.4, -0.2) is 22.0 Å². The smallest absolute Gasteiger partial charge is 0.220 e. The first-order chi connectivity index (χ1) is 14.0. The van der Waals surface area contributed by atoms with Gasteiger partial charge in [0.15, 0.2) is 5.90 Å². The number of aromatic nitrogens is 2. The summed E-state index contributed by atoms with van der Waals surface area (Å²) < 4.78 is 16.8. The van der Waals surface area contributed by atoms with E-state index in [1.165, 1.54) is 13.0 Å². The van der Waals surface area contributed by atoms with E-state index in [4.69, 9.17) is 15.6 Å². The molecule has 1 saturated carbocycles. The van der Waals surface area contributed by atoms with Crippen molar-refractivity contribution in [3.8, 4) is 0 Å². The molecule has 5 nitrogen and oxygen atoms in total. The van der Waals surface area contributed by atoms with Crippen LogP contribution in [0.4, 0.5) is 4.39 Å². The summed E-state index contributed by atoms with van der Waals surface area (Å²) in [5.74, 6) is 0.310. The molecule has 1 heterocycles. The molecule has 6 heteroatoms. The average Bonchev–Trinajstić information content (AvgIpc) is 3.40. The van der Waals surface area contributed by atoms with Crippen molar-refractivity contribution in [1.82, 2.24) is 10.2 Å². The fourth-order valence-corrected chi connectivity index (χ4v) is 2.94. The number of ether oxygens (including phenoxy) is 1. The molecule has 29 heavy (non-hydrogen) atoms. The summed E-state index contributed by atoms with van der Waals surface area (Å²) in [6.45, 7) is 10.8. The molecule has 0 saturated heterocycles. The summed E-state index contributed by atoms with van der Waals surface area (Å²) in [7, 11) is 0. The van der Waals surface area contributed by atoms with Gasteiger partial charge in [-0.1, -0.05) is 38.8 Å². The summed E-state index contributed by atoms with van der Waals surface area (Å²) in [4.78, 5) is 0. The third-order valence-electron chi connectivity index (χ3n) is 4.58. The molecule has 0 amide bonds. The Morgan fingerprint density at radius 3 is 2.48 bits per heavy atom. The van der Waals surface area contributed by atoms with Crippen molar-refractivity contribution in [3.05, 3.63) is 54.0 Å². The highest BCUT2D eigenvalue weighted by molar-refractivity contribution is 6.02. The van der Waals surface area contributed by atoms with Crippen molar-refractivity contribution in [1.29, 1.82) is 10.8 Å². The highest BCUT2D eigenvalue weighted by Gasteiger charge is 2.22. The maximum absolute atomic E-state index is 11.3. The lowest BCUT2D eigenvalue weighted by Gasteiger charge is -2.13. The van der Waals surface area contributed by atoms with Gasteiger partial charge < -0.3 is 4.74 Å². The van der Waals surface area contributed by atoms with Crippen LogP contribution in [0, 0.1) is 16.7 Å². The van der Waals surface area contributed by atoms with Gasteiger partial charge in [-0.05, 0) is 44.9 Å². The molecule has 1 aromatic heterocycles. The van der Waals surface area contributed by atoms with Crippen LogP contribution in [0.5, 0.6) is 0 Å². The van der Waals surface area contributed by atoms with Crippen molar-refractivity contribution < 1.29 is 9.13 Å². The van der Waals surface area contributed by atoms with Gasteiger partial charge in [-0.3, -0.25) is 15.9 Å². The van der Waals surface area contributed by atoms with Crippen molar-refractivity contribution in [3.63, 3.8) is 0 Å². The molecule has 3 N–H and O–H groups in total. The van der Waals surface area contributed by atoms with Gasteiger partial charge in [0.2, 0.25) is 5.90 Å². The molecule has 0 unspecified atom stereocenters. The number of allylic oxidation sites excluding steroid dienone is 3. The zero-order chi connectivity index (χ0) is 21.8. The van der Waals surface area contributed by atoms with E-state index in [2.05, 4.69) is 16.8 Å². The van der Waals surface area contributed by atoms with Crippen LogP contribution in [0.1, 0.15) is 64.6 Å². The van der Waals surface area contributed by atoms with Gasteiger partial charge in [-0.25, -0.2) is 4.39 Å². The van der Waals surface area contributed by atoms with E-state index in [1.807, 2.05) is 38.1 Å². The second-order valence-electron chi connectivity index (χ2n) is 6.58. The standard InChI is InChI=1S/C17H20N4O.C4H7F.C2H6/c1-2-5-14-13-10-12(8-9-15(13)21-20-14)17(19)22-16(18)11-6-3-4-7-11;1-3-4(2)5;1-2/h2,8-11,18-19H,1,3-7H2,(H,20,21);3H,1-2H3;1-2H3/b;4-3+;. The Morgan fingerprint density at radius 2 is 1.93 bits per heavy atom. The highest BCUT2D eigenvalue weighted by Crippen LogP contribution is 2.26. The molecule has 1 fully saturated rings. The molecule has 0 bridgehead atoms. The summed E-state index contributed by atoms with van der Waals surface area (Å²) in [6, 6.07) is 5.57. The van der Waals surface area contributed by atoms with E-state index in [1.54, 1.807) is 6.92 Å². The first kappa shape index (κ1) is 24.3. The third-order valence-corrected chi connectivity index (χ3v) is 4.58. The lowest BCUT2D eigenvalue weighted by atomic mass is 10.1. The maximum Gasteiger partial charge on any atom is 0.220 e. The normalized spacial score (nSPS) is 13.8. The minimum absolute atomic E-state index is 0.0320. The van der Waals surface area contributed by atoms with Crippen LogP contribution < -0.4 is 0 Å². The number of hydrogen-bond acceptors (Lipinski definition) is 4. The molecule has 158 valence electrons. The molecule has 1 aliphatic rings. The number of nitrogens with zero attached hydrogens (tertiary/aromatic N) is 1. The first-order valence-electron chi connectivity index (χ1n) is 10.2. The number of H-pyrrole nitrogens is 1. The Kier molecular flexibility index (Phi) is 10.6. The Morgan fingerprint density at radius 1 is 1.31 bits per heavy atom. The van der Waals surface area contributed by atoms with Crippen LogP contribution in [0.15, 0.2) is 42.8 Å². The SMILES string of the molecule is C/C=C(\C)F.C=CCc1[nH]nc2ccc(C(=N)OC(=N)C3CCCC3)cc12.CC. The molecular formula is C23H33FN4O. The fraction of sp³-hybridized carbons (Fsp3) is 0.435. The summed E-state index contributed by atoms with van der Waals surface area (Å²) in [5.41, 5.74) is 2.51. The minimum atomic E-state index is -0.120. The van der Waals surface area contributed by atoms with Gasteiger partial charge >= 0.3 is 0 Å². The van der Waals surface area contributed by atoms with Gasteiger partial charge in [-0.15, -0.1) is 6.58 Å². The quantitative estimate of drug-likeness (QED) is 0.303. The van der Waals surface area contributed by atoms with E-state index in [9.17, 15) is 4.39 Å². The average molecular weight is 401 g/mol. The predicted molar refractivity (Wildman–Crippen MR) is 119 cm³/mol. The maximum atomic E-state index is 11.3. The van der Waals surface area contributed by atoms with Crippen molar-refractivity contribution in [2.45, 2.75) is 59.8 Å². The van der Waals surface area contributed by atoms with Gasteiger partial charge in [0, 0.05) is 29.0 Å². The Balaban J connectivity index is 0.000000527. The number of rotatable bonds is 4. The summed E-state index contributed by atoms with van der Waals surface area (Å²) in [5, 5.41) is 24.3. The van der Waals surface area contributed by atoms with Gasteiger partial charge in [0.25, 0.3) is 0 Å². The third kappa shape index (κ3) is 7.29. The molecule has 0 spiro atoms. The number of aromatic amines is 1. The molecule has 1 aromatic carbocycles. The van der Waals surface area contributed by atoms with Crippen LogP contribution >= 0.6 is 0 Å². The summed E-state index contributed by atoms with van der Waals surface area (Å²) >= 11 is 0. The van der Waals surface area contributed by atoms with Crippen LogP contribution in [0.2, 0.25) is 0 Å². The number of nitrogens with one attached hydrogen (secondary N) is 3. The molecule has 1 aliphatic carbocycles. The largest absolute Gasteiger partial charge is 0.425 e. The highest BCUT2D eigenvalue weighted by atomic mass is 19.1. The fourth-order valence-electron chi connectivity index (χ4n) is 2.94. The van der Waals surface area contributed by atoms with Crippen LogP contribution in [-0.2, 0) is 11.2 Å². The van der Waals surface area contributed by atoms with Crippen molar-refractivity contribution in [2.24, 2.45) is 5.92 Å².